The number of carbonyl (C=O) groups excluding carboxylic acids is 1. The average Bonchev–Trinajstić information content (AvgIpc) is 3.21. The first kappa shape index (κ1) is 16.8. The van der Waals surface area contributed by atoms with E-state index in [2.05, 4.69) is 5.32 Å². The summed E-state index contributed by atoms with van der Waals surface area (Å²) in [6.45, 7) is 2.31. The smallest absolute Gasteiger partial charge is 0.224 e. The Morgan fingerprint density at radius 3 is 2.48 bits per heavy atom. The van der Waals surface area contributed by atoms with Crippen molar-refractivity contribution in [2.75, 3.05) is 36.5 Å². The molecule has 0 spiro atoms. The third-order valence-corrected chi connectivity index (χ3v) is 6.00. The molecule has 2 bridgehead atoms. The Balaban J connectivity index is 1.42. The second-order valence-electron chi connectivity index (χ2n) is 7.57. The number of carbonyl (C=O) groups is 1. The van der Waals surface area contributed by atoms with Crippen molar-refractivity contribution in [3.8, 4) is 0 Å². The van der Waals surface area contributed by atoms with Crippen LogP contribution in [0.1, 0.15) is 32.1 Å². The Bertz CT molecular complexity index is 638. The number of halogens is 2. The van der Waals surface area contributed by atoms with E-state index >= 15 is 0 Å². The Hall–Kier alpha value is -1.69. The summed E-state index contributed by atoms with van der Waals surface area (Å²) in [6, 6.07) is 2.59. The van der Waals surface area contributed by atoms with Crippen LogP contribution in [0.5, 0.6) is 0 Å². The standard InChI is InChI=1S/C19H24F2N2O2/c20-16-10-15(23-3-5-25-6-4-23)11-17(21)19(16)22-18(24)9-14-8-12-1-2-13(14)7-12/h10-14H,1-9H2,(H,22,24). The van der Waals surface area contributed by atoms with Crippen LogP contribution in [0.25, 0.3) is 0 Å². The van der Waals surface area contributed by atoms with Crippen molar-refractivity contribution in [1.82, 2.24) is 0 Å². The molecular formula is C19H24F2N2O2. The van der Waals surface area contributed by atoms with Gasteiger partial charge in [0.05, 0.1) is 13.2 Å². The first-order chi connectivity index (χ1) is 12.1. The number of rotatable bonds is 4. The van der Waals surface area contributed by atoms with Gasteiger partial charge in [-0.15, -0.1) is 0 Å². The van der Waals surface area contributed by atoms with Crippen LogP contribution in [0.15, 0.2) is 12.1 Å². The van der Waals surface area contributed by atoms with E-state index in [4.69, 9.17) is 4.74 Å². The van der Waals surface area contributed by atoms with Gasteiger partial charge in [-0.3, -0.25) is 4.79 Å². The normalized spacial score (nSPS) is 28.4. The fourth-order valence-corrected chi connectivity index (χ4v) is 4.74. The van der Waals surface area contributed by atoms with Crippen LogP contribution >= 0.6 is 0 Å². The summed E-state index contributed by atoms with van der Waals surface area (Å²) >= 11 is 0. The summed E-state index contributed by atoms with van der Waals surface area (Å²) in [4.78, 5) is 14.1. The third kappa shape index (κ3) is 3.50. The lowest BCUT2D eigenvalue weighted by Gasteiger charge is -2.29. The molecule has 1 aliphatic heterocycles. The van der Waals surface area contributed by atoms with E-state index in [0.717, 1.165) is 12.3 Å². The zero-order valence-electron chi connectivity index (χ0n) is 14.3. The van der Waals surface area contributed by atoms with Crippen LogP contribution in [0.3, 0.4) is 0 Å². The molecule has 0 aromatic heterocycles. The number of fused-ring (bicyclic) bond motifs is 2. The topological polar surface area (TPSA) is 41.6 Å². The summed E-state index contributed by atoms with van der Waals surface area (Å²) in [6.07, 6.45) is 5.13. The van der Waals surface area contributed by atoms with Gasteiger partial charge >= 0.3 is 0 Å². The highest BCUT2D eigenvalue weighted by Crippen LogP contribution is 2.49. The van der Waals surface area contributed by atoms with E-state index in [-0.39, 0.29) is 11.6 Å². The maximum atomic E-state index is 14.4. The number of nitrogens with zero attached hydrogens (tertiary/aromatic N) is 1. The molecule has 136 valence electrons. The Kier molecular flexibility index (Phi) is 4.63. The molecule has 25 heavy (non-hydrogen) atoms. The minimum absolute atomic E-state index is 0.283. The summed E-state index contributed by atoms with van der Waals surface area (Å²) in [5, 5.41) is 2.46. The average molecular weight is 350 g/mol. The van der Waals surface area contributed by atoms with Crippen LogP contribution in [-0.2, 0) is 9.53 Å². The molecule has 2 aliphatic carbocycles. The monoisotopic (exact) mass is 350 g/mol. The highest BCUT2D eigenvalue weighted by molar-refractivity contribution is 5.91. The van der Waals surface area contributed by atoms with Gasteiger partial charge in [0.25, 0.3) is 0 Å². The molecule has 2 saturated carbocycles. The van der Waals surface area contributed by atoms with Crippen molar-refractivity contribution in [3.63, 3.8) is 0 Å². The van der Waals surface area contributed by atoms with Gasteiger partial charge in [-0.2, -0.15) is 0 Å². The SMILES string of the molecule is O=C(CC1CC2CCC1C2)Nc1c(F)cc(N2CCOCC2)cc1F. The lowest BCUT2D eigenvalue weighted by Crippen LogP contribution is -2.36. The van der Waals surface area contributed by atoms with Crippen LogP contribution in [0.2, 0.25) is 0 Å². The molecule has 1 aromatic rings. The summed E-state index contributed by atoms with van der Waals surface area (Å²) in [7, 11) is 0. The number of amides is 1. The van der Waals surface area contributed by atoms with E-state index in [1.54, 1.807) is 0 Å². The van der Waals surface area contributed by atoms with Gasteiger partial charge in [0.15, 0.2) is 11.6 Å². The molecule has 3 atom stereocenters. The molecule has 6 heteroatoms. The van der Waals surface area contributed by atoms with E-state index in [0.29, 0.717) is 50.2 Å². The first-order valence-corrected chi connectivity index (χ1v) is 9.21. The van der Waals surface area contributed by atoms with Crippen LogP contribution < -0.4 is 10.2 Å². The van der Waals surface area contributed by atoms with Gasteiger partial charge < -0.3 is 15.0 Å². The van der Waals surface area contributed by atoms with Crippen molar-refractivity contribution in [2.45, 2.75) is 32.1 Å². The highest BCUT2D eigenvalue weighted by atomic mass is 19.1. The summed E-state index contributed by atoms with van der Waals surface area (Å²) < 4.78 is 34.0. The van der Waals surface area contributed by atoms with E-state index < -0.39 is 11.6 Å². The molecular weight excluding hydrogens is 326 g/mol. The van der Waals surface area contributed by atoms with Crippen molar-refractivity contribution in [1.29, 1.82) is 0 Å². The zero-order chi connectivity index (χ0) is 17.4. The van der Waals surface area contributed by atoms with Gasteiger partial charge in [0.1, 0.15) is 5.69 Å². The third-order valence-electron chi connectivity index (χ3n) is 6.00. The molecule has 1 N–H and O–H groups in total. The first-order valence-electron chi connectivity index (χ1n) is 9.21. The Morgan fingerprint density at radius 1 is 1.16 bits per heavy atom. The van der Waals surface area contributed by atoms with Gasteiger partial charge in [-0.1, -0.05) is 6.42 Å². The highest BCUT2D eigenvalue weighted by Gasteiger charge is 2.40. The molecule has 0 radical (unpaired) electrons. The number of benzene rings is 1. The van der Waals surface area contributed by atoms with Crippen molar-refractivity contribution < 1.29 is 18.3 Å². The maximum absolute atomic E-state index is 14.4. The molecule has 1 heterocycles. The van der Waals surface area contributed by atoms with Gasteiger partial charge in [0, 0.05) is 25.2 Å². The van der Waals surface area contributed by atoms with Crippen molar-refractivity contribution >= 4 is 17.3 Å². The number of nitrogens with one attached hydrogen (secondary N) is 1. The number of hydrogen-bond donors (Lipinski definition) is 1. The predicted octanol–water partition coefficient (Wildman–Crippen LogP) is 3.57. The molecule has 1 amide bonds. The lowest BCUT2D eigenvalue weighted by molar-refractivity contribution is -0.117. The number of anilines is 2. The van der Waals surface area contributed by atoms with Crippen LogP contribution in [0.4, 0.5) is 20.2 Å². The summed E-state index contributed by atoms with van der Waals surface area (Å²) in [5.41, 5.74) is 0.162. The zero-order valence-corrected chi connectivity index (χ0v) is 14.3. The van der Waals surface area contributed by atoms with Crippen LogP contribution in [0, 0.1) is 29.4 Å². The second kappa shape index (κ2) is 6.90. The largest absolute Gasteiger partial charge is 0.378 e. The minimum atomic E-state index is -0.720. The van der Waals surface area contributed by atoms with Crippen molar-refractivity contribution in [2.24, 2.45) is 17.8 Å². The van der Waals surface area contributed by atoms with E-state index in [9.17, 15) is 13.6 Å². The molecule has 3 unspecified atom stereocenters. The quantitative estimate of drug-likeness (QED) is 0.903. The molecule has 3 aliphatic rings. The second-order valence-corrected chi connectivity index (χ2v) is 7.57. The van der Waals surface area contributed by atoms with E-state index in [1.165, 1.54) is 31.4 Å². The summed E-state index contributed by atoms with van der Waals surface area (Å²) in [5.74, 6) is 0.0238. The van der Waals surface area contributed by atoms with E-state index in [1.807, 2.05) is 4.90 Å². The minimum Gasteiger partial charge on any atom is -0.378 e. The predicted molar refractivity (Wildman–Crippen MR) is 91.6 cm³/mol. The van der Waals surface area contributed by atoms with Crippen molar-refractivity contribution in [3.05, 3.63) is 23.8 Å². The molecule has 3 fully saturated rings. The number of ether oxygens (including phenoxy) is 1. The molecule has 4 nitrogen and oxygen atoms in total. The number of morpholine rings is 1. The van der Waals surface area contributed by atoms with Gasteiger partial charge in [-0.25, -0.2) is 8.78 Å². The maximum Gasteiger partial charge on any atom is 0.224 e. The Labute approximate surface area is 146 Å². The fourth-order valence-electron chi connectivity index (χ4n) is 4.74. The molecule has 1 aromatic carbocycles. The van der Waals surface area contributed by atoms with Gasteiger partial charge in [0.2, 0.25) is 5.91 Å². The molecule has 4 rings (SSSR count). The fraction of sp³-hybridized carbons (Fsp3) is 0.632. The van der Waals surface area contributed by atoms with Gasteiger partial charge in [-0.05, 0) is 49.1 Å². The van der Waals surface area contributed by atoms with Crippen LogP contribution in [-0.4, -0.2) is 32.2 Å². The Morgan fingerprint density at radius 2 is 1.88 bits per heavy atom. The lowest BCUT2D eigenvalue weighted by atomic mass is 9.86. The number of hydrogen-bond acceptors (Lipinski definition) is 3. The molecule has 1 saturated heterocycles.